The monoisotopic (exact) mass is 374 g/mol. The van der Waals surface area contributed by atoms with Gasteiger partial charge in [-0.2, -0.15) is 4.68 Å². The number of nitrogens with one attached hydrogen (secondary N) is 2. The Morgan fingerprint density at radius 1 is 1.27 bits per heavy atom. The van der Waals surface area contributed by atoms with Crippen LogP contribution in [0, 0.1) is 5.92 Å². The lowest BCUT2D eigenvalue weighted by Gasteiger charge is -2.22. The Morgan fingerprint density at radius 3 is 2.85 bits per heavy atom. The molecule has 2 aromatic rings. The second-order valence-electron chi connectivity index (χ2n) is 7.17. The van der Waals surface area contributed by atoms with E-state index in [9.17, 15) is 4.79 Å². The zero-order valence-electron chi connectivity index (χ0n) is 14.6. The van der Waals surface area contributed by atoms with Crippen LogP contribution in [0.15, 0.2) is 18.2 Å². The largest absolute Gasteiger partial charge is 0.326 e. The van der Waals surface area contributed by atoms with Gasteiger partial charge < -0.3 is 10.6 Å². The van der Waals surface area contributed by atoms with Crippen molar-refractivity contribution in [3.63, 3.8) is 0 Å². The number of piperidine rings is 1. The van der Waals surface area contributed by atoms with Crippen molar-refractivity contribution < 1.29 is 4.79 Å². The Bertz CT molecular complexity index is 782. The molecule has 4 rings (SSSR count). The summed E-state index contributed by atoms with van der Waals surface area (Å²) >= 11 is 6.35. The van der Waals surface area contributed by atoms with Crippen molar-refractivity contribution in [2.24, 2.45) is 5.92 Å². The lowest BCUT2D eigenvalue weighted by Crippen LogP contribution is -2.28. The normalized spacial score (nSPS) is 18.0. The van der Waals surface area contributed by atoms with Gasteiger partial charge in [0, 0.05) is 18.0 Å². The van der Waals surface area contributed by atoms with Gasteiger partial charge >= 0.3 is 0 Å². The predicted octanol–water partition coefficient (Wildman–Crippen LogP) is 2.91. The lowest BCUT2D eigenvalue weighted by molar-refractivity contribution is -0.116. The highest BCUT2D eigenvalue weighted by atomic mass is 35.5. The molecule has 1 aromatic heterocycles. The van der Waals surface area contributed by atoms with E-state index in [1.165, 1.54) is 0 Å². The van der Waals surface area contributed by atoms with Gasteiger partial charge in [0.2, 0.25) is 5.91 Å². The predicted molar refractivity (Wildman–Crippen MR) is 99.6 cm³/mol. The number of halogens is 1. The Labute approximate surface area is 157 Å². The molecule has 2 heterocycles. The number of nitrogens with zero attached hydrogens (tertiary/aromatic N) is 4. The first-order valence-corrected chi connectivity index (χ1v) is 9.67. The number of hydrogen-bond donors (Lipinski definition) is 2. The van der Waals surface area contributed by atoms with Crippen LogP contribution in [0.4, 0.5) is 5.69 Å². The van der Waals surface area contributed by atoms with Crippen molar-refractivity contribution in [3.8, 4) is 5.69 Å². The second kappa shape index (κ2) is 7.72. The SMILES string of the molecule is O=C(CCC1CCNCC1)Nc1ccc(Cl)c(-n2nnnc2C2CC2)c1. The summed E-state index contributed by atoms with van der Waals surface area (Å²) in [6.45, 7) is 2.12. The maximum atomic E-state index is 12.3. The van der Waals surface area contributed by atoms with Gasteiger partial charge in [-0.1, -0.05) is 11.6 Å². The summed E-state index contributed by atoms with van der Waals surface area (Å²) < 4.78 is 1.69. The van der Waals surface area contributed by atoms with E-state index in [0.717, 1.165) is 56.7 Å². The van der Waals surface area contributed by atoms with Crippen LogP contribution in [-0.4, -0.2) is 39.2 Å². The Kier molecular flexibility index (Phi) is 5.17. The van der Waals surface area contributed by atoms with Crippen molar-refractivity contribution in [2.75, 3.05) is 18.4 Å². The van der Waals surface area contributed by atoms with E-state index in [2.05, 4.69) is 26.2 Å². The molecule has 1 aliphatic carbocycles. The van der Waals surface area contributed by atoms with Crippen molar-refractivity contribution in [3.05, 3.63) is 29.0 Å². The number of carbonyl (C=O) groups is 1. The maximum Gasteiger partial charge on any atom is 0.224 e. The first-order valence-electron chi connectivity index (χ1n) is 9.29. The zero-order valence-corrected chi connectivity index (χ0v) is 15.4. The van der Waals surface area contributed by atoms with Crippen molar-refractivity contribution in [1.29, 1.82) is 0 Å². The molecule has 2 fully saturated rings. The number of carbonyl (C=O) groups excluding carboxylic acids is 1. The number of tetrazole rings is 1. The quantitative estimate of drug-likeness (QED) is 0.812. The molecule has 1 aliphatic heterocycles. The van der Waals surface area contributed by atoms with Crippen molar-refractivity contribution in [1.82, 2.24) is 25.5 Å². The Balaban J connectivity index is 1.42. The van der Waals surface area contributed by atoms with Gasteiger partial charge in [0.1, 0.15) is 0 Å². The summed E-state index contributed by atoms with van der Waals surface area (Å²) in [5, 5.41) is 18.9. The highest BCUT2D eigenvalue weighted by Gasteiger charge is 2.30. The molecule has 1 amide bonds. The topological polar surface area (TPSA) is 84.7 Å². The van der Waals surface area contributed by atoms with Crippen molar-refractivity contribution >= 4 is 23.2 Å². The van der Waals surface area contributed by atoms with Crippen LogP contribution in [-0.2, 0) is 4.79 Å². The summed E-state index contributed by atoms with van der Waals surface area (Å²) in [6.07, 6.45) is 5.99. The van der Waals surface area contributed by atoms with Gasteiger partial charge in [-0.15, -0.1) is 5.10 Å². The van der Waals surface area contributed by atoms with Gasteiger partial charge in [0.05, 0.1) is 10.7 Å². The zero-order chi connectivity index (χ0) is 17.9. The fraction of sp³-hybridized carbons (Fsp3) is 0.556. The molecule has 1 saturated carbocycles. The molecule has 0 atom stereocenters. The molecule has 1 aromatic carbocycles. The average molecular weight is 375 g/mol. The maximum absolute atomic E-state index is 12.3. The number of anilines is 1. The van der Waals surface area contributed by atoms with Gasteiger partial charge in [-0.25, -0.2) is 0 Å². The van der Waals surface area contributed by atoms with E-state index in [4.69, 9.17) is 11.6 Å². The van der Waals surface area contributed by atoms with Crippen LogP contribution in [0.3, 0.4) is 0 Å². The van der Waals surface area contributed by atoms with E-state index in [1.807, 2.05) is 12.1 Å². The fourth-order valence-corrected chi connectivity index (χ4v) is 3.64. The number of rotatable bonds is 6. The molecular weight excluding hydrogens is 352 g/mol. The van der Waals surface area contributed by atoms with E-state index in [-0.39, 0.29) is 5.91 Å². The summed E-state index contributed by atoms with van der Waals surface area (Å²) in [7, 11) is 0. The van der Waals surface area contributed by atoms with Gasteiger partial charge in [0.25, 0.3) is 0 Å². The lowest BCUT2D eigenvalue weighted by atomic mass is 9.93. The third kappa shape index (κ3) is 4.04. The highest BCUT2D eigenvalue weighted by molar-refractivity contribution is 6.32. The van der Waals surface area contributed by atoms with E-state index in [0.29, 0.717) is 29.0 Å². The van der Waals surface area contributed by atoms with Crippen LogP contribution >= 0.6 is 11.6 Å². The number of benzene rings is 1. The van der Waals surface area contributed by atoms with Crippen LogP contribution in [0.25, 0.3) is 5.69 Å². The molecule has 2 N–H and O–H groups in total. The third-order valence-corrected chi connectivity index (χ3v) is 5.45. The van der Waals surface area contributed by atoms with E-state index < -0.39 is 0 Å². The molecule has 7 nitrogen and oxygen atoms in total. The van der Waals surface area contributed by atoms with Gasteiger partial charge in [-0.3, -0.25) is 4.79 Å². The molecule has 0 spiro atoms. The Morgan fingerprint density at radius 2 is 2.08 bits per heavy atom. The molecule has 1 saturated heterocycles. The molecule has 26 heavy (non-hydrogen) atoms. The summed E-state index contributed by atoms with van der Waals surface area (Å²) in [5.74, 6) is 1.92. The highest BCUT2D eigenvalue weighted by Crippen LogP contribution is 2.40. The average Bonchev–Trinajstić information content (AvgIpc) is 3.39. The first kappa shape index (κ1) is 17.4. The fourth-order valence-electron chi connectivity index (χ4n) is 3.44. The second-order valence-corrected chi connectivity index (χ2v) is 7.58. The third-order valence-electron chi connectivity index (χ3n) is 5.13. The number of hydrogen-bond acceptors (Lipinski definition) is 5. The smallest absolute Gasteiger partial charge is 0.224 e. The molecule has 2 aliphatic rings. The summed E-state index contributed by atoms with van der Waals surface area (Å²) in [5.41, 5.74) is 1.42. The summed E-state index contributed by atoms with van der Waals surface area (Å²) in [4.78, 5) is 12.3. The summed E-state index contributed by atoms with van der Waals surface area (Å²) in [6, 6.07) is 5.43. The molecule has 0 unspecified atom stereocenters. The molecule has 0 radical (unpaired) electrons. The van der Waals surface area contributed by atoms with Crippen LogP contribution in [0.2, 0.25) is 5.02 Å². The minimum atomic E-state index is 0.0379. The van der Waals surface area contributed by atoms with E-state index in [1.54, 1.807) is 10.7 Å². The number of aromatic nitrogens is 4. The van der Waals surface area contributed by atoms with Crippen LogP contribution in [0.1, 0.15) is 50.3 Å². The van der Waals surface area contributed by atoms with Crippen LogP contribution in [0.5, 0.6) is 0 Å². The molecule has 0 bridgehead atoms. The van der Waals surface area contributed by atoms with Crippen molar-refractivity contribution in [2.45, 2.75) is 44.4 Å². The first-order chi connectivity index (χ1) is 12.7. The minimum absolute atomic E-state index is 0.0379. The molecule has 138 valence electrons. The number of amides is 1. The minimum Gasteiger partial charge on any atom is -0.326 e. The Hall–Kier alpha value is -1.99. The van der Waals surface area contributed by atoms with Crippen LogP contribution < -0.4 is 10.6 Å². The van der Waals surface area contributed by atoms with Gasteiger partial charge in [0.15, 0.2) is 5.82 Å². The van der Waals surface area contributed by atoms with E-state index >= 15 is 0 Å². The molecular formula is C18H23ClN6O. The van der Waals surface area contributed by atoms with Gasteiger partial charge in [-0.05, 0) is 79.7 Å². The molecule has 8 heteroatoms. The standard InChI is InChI=1S/C18H23ClN6O/c19-15-5-4-14(21-17(26)6-1-12-7-9-20-10-8-12)11-16(15)25-18(13-2-3-13)22-23-24-25/h4-5,11-13,20H,1-3,6-10H2,(H,21,26).